The first-order valence-electron chi connectivity index (χ1n) is 9.37. The number of rotatable bonds is 2. The lowest BCUT2D eigenvalue weighted by atomic mass is 9.79. The van der Waals surface area contributed by atoms with E-state index in [1.807, 2.05) is 24.0 Å². The van der Waals surface area contributed by atoms with Gasteiger partial charge in [-0.05, 0) is 57.5 Å². The molecule has 1 aromatic carbocycles. The molecule has 6 nitrogen and oxygen atoms in total. The molecule has 142 valence electrons. The quantitative estimate of drug-likeness (QED) is 0.884. The molecule has 2 heterocycles. The third kappa shape index (κ3) is 3.70. The van der Waals surface area contributed by atoms with Gasteiger partial charge < -0.3 is 20.0 Å². The molecule has 1 aromatic rings. The summed E-state index contributed by atoms with van der Waals surface area (Å²) < 4.78 is 0. The molecule has 6 heteroatoms. The first kappa shape index (κ1) is 18.7. The van der Waals surface area contributed by atoms with Gasteiger partial charge >= 0.3 is 6.03 Å². The average molecular weight is 358 g/mol. The summed E-state index contributed by atoms with van der Waals surface area (Å²) in [5, 5.41) is 3.03. The number of benzene rings is 1. The zero-order valence-corrected chi connectivity index (χ0v) is 16.3. The lowest BCUT2D eigenvalue weighted by Crippen LogP contribution is -2.48. The van der Waals surface area contributed by atoms with Crippen LogP contribution in [-0.4, -0.2) is 74.0 Å². The Hall–Kier alpha value is -2.08. The molecular weight excluding hydrogens is 328 g/mol. The zero-order chi connectivity index (χ0) is 18.9. The first-order valence-corrected chi connectivity index (χ1v) is 9.37. The Morgan fingerprint density at radius 2 is 1.92 bits per heavy atom. The molecule has 0 radical (unpaired) electrons. The number of nitrogens with one attached hydrogen (secondary N) is 1. The molecule has 2 aliphatic heterocycles. The summed E-state index contributed by atoms with van der Waals surface area (Å²) in [4.78, 5) is 31.0. The monoisotopic (exact) mass is 358 g/mol. The highest BCUT2D eigenvalue weighted by atomic mass is 16.2. The van der Waals surface area contributed by atoms with E-state index in [0.29, 0.717) is 11.3 Å². The Morgan fingerprint density at radius 3 is 2.58 bits per heavy atom. The maximum Gasteiger partial charge on any atom is 0.321 e. The van der Waals surface area contributed by atoms with Crippen LogP contribution in [0.5, 0.6) is 0 Å². The van der Waals surface area contributed by atoms with Gasteiger partial charge in [0.1, 0.15) is 0 Å². The van der Waals surface area contributed by atoms with Crippen molar-refractivity contribution in [1.82, 2.24) is 14.7 Å². The Kier molecular flexibility index (Phi) is 5.23. The van der Waals surface area contributed by atoms with Gasteiger partial charge in [0.2, 0.25) is 0 Å². The molecule has 26 heavy (non-hydrogen) atoms. The van der Waals surface area contributed by atoms with E-state index in [1.165, 1.54) is 12.8 Å². The van der Waals surface area contributed by atoms with Crippen molar-refractivity contribution >= 4 is 17.6 Å². The molecule has 0 bridgehead atoms. The summed E-state index contributed by atoms with van der Waals surface area (Å²) >= 11 is 0. The second-order valence-electron chi connectivity index (χ2n) is 8.12. The van der Waals surface area contributed by atoms with E-state index >= 15 is 0 Å². The SMILES string of the molecule is Cc1c(NC(=O)N2CCCC3(CCN(C)C3)C2)cccc1C(=O)N(C)C. The van der Waals surface area contributed by atoms with Gasteiger partial charge in [0.05, 0.1) is 0 Å². The number of nitrogens with zero attached hydrogens (tertiary/aromatic N) is 3. The summed E-state index contributed by atoms with van der Waals surface area (Å²) in [6.45, 7) is 5.69. The van der Waals surface area contributed by atoms with Crippen LogP contribution in [0, 0.1) is 12.3 Å². The number of carbonyl (C=O) groups excluding carboxylic acids is 2. The molecular formula is C20H30N4O2. The average Bonchev–Trinajstić information content (AvgIpc) is 2.96. The van der Waals surface area contributed by atoms with Gasteiger partial charge in [0.25, 0.3) is 5.91 Å². The van der Waals surface area contributed by atoms with E-state index in [9.17, 15) is 9.59 Å². The maximum atomic E-state index is 12.9. The number of piperidine rings is 1. The van der Waals surface area contributed by atoms with Gasteiger partial charge in [-0.1, -0.05) is 6.07 Å². The molecule has 1 spiro atoms. The molecule has 0 aromatic heterocycles. The minimum atomic E-state index is -0.0591. The van der Waals surface area contributed by atoms with Crippen LogP contribution in [0.4, 0.5) is 10.5 Å². The third-order valence-corrected chi connectivity index (χ3v) is 5.79. The fourth-order valence-electron chi connectivity index (χ4n) is 4.31. The van der Waals surface area contributed by atoms with Gasteiger partial charge in [-0.2, -0.15) is 0 Å². The van der Waals surface area contributed by atoms with Crippen LogP contribution in [0.15, 0.2) is 18.2 Å². The van der Waals surface area contributed by atoms with E-state index in [0.717, 1.165) is 38.2 Å². The molecule has 2 aliphatic rings. The van der Waals surface area contributed by atoms with Crippen molar-refractivity contribution < 1.29 is 9.59 Å². The second kappa shape index (κ2) is 7.27. The molecule has 2 saturated heterocycles. The van der Waals surface area contributed by atoms with Crippen molar-refractivity contribution in [1.29, 1.82) is 0 Å². The van der Waals surface area contributed by atoms with Crippen molar-refractivity contribution in [2.45, 2.75) is 26.2 Å². The minimum Gasteiger partial charge on any atom is -0.345 e. The number of hydrogen-bond donors (Lipinski definition) is 1. The number of likely N-dealkylation sites (tertiary alicyclic amines) is 2. The second-order valence-corrected chi connectivity index (χ2v) is 8.12. The number of anilines is 1. The van der Waals surface area contributed by atoms with Crippen molar-refractivity contribution in [2.24, 2.45) is 5.41 Å². The van der Waals surface area contributed by atoms with Crippen LogP contribution in [0.1, 0.15) is 35.2 Å². The zero-order valence-electron chi connectivity index (χ0n) is 16.3. The maximum absolute atomic E-state index is 12.9. The van der Waals surface area contributed by atoms with Crippen LogP contribution in [0.3, 0.4) is 0 Å². The third-order valence-electron chi connectivity index (χ3n) is 5.79. The van der Waals surface area contributed by atoms with Crippen molar-refractivity contribution in [2.75, 3.05) is 52.6 Å². The van der Waals surface area contributed by atoms with E-state index in [2.05, 4.69) is 17.3 Å². The highest BCUT2D eigenvalue weighted by molar-refractivity contribution is 5.98. The largest absolute Gasteiger partial charge is 0.345 e. The number of amides is 3. The summed E-state index contributed by atoms with van der Waals surface area (Å²) in [6, 6.07) is 5.43. The summed E-state index contributed by atoms with van der Waals surface area (Å²) in [6.07, 6.45) is 3.42. The fraction of sp³-hybridized carbons (Fsp3) is 0.600. The smallest absolute Gasteiger partial charge is 0.321 e. The standard InChI is InChI=1S/C20H30N4O2/c1-15-16(18(25)22(2)3)7-5-8-17(15)21-19(26)24-11-6-9-20(14-24)10-12-23(4)13-20/h5,7-8H,6,9-14H2,1-4H3,(H,21,26). The molecule has 0 aliphatic carbocycles. The molecule has 1 N–H and O–H groups in total. The normalized spacial score (nSPS) is 23.3. The summed E-state index contributed by atoms with van der Waals surface area (Å²) in [5.74, 6) is -0.0514. The fourth-order valence-corrected chi connectivity index (χ4v) is 4.31. The number of hydrogen-bond acceptors (Lipinski definition) is 3. The van der Waals surface area contributed by atoms with Crippen LogP contribution in [0.25, 0.3) is 0 Å². The lowest BCUT2D eigenvalue weighted by Gasteiger charge is -2.40. The highest BCUT2D eigenvalue weighted by Gasteiger charge is 2.41. The minimum absolute atomic E-state index is 0.0514. The van der Waals surface area contributed by atoms with Crippen LogP contribution >= 0.6 is 0 Å². The van der Waals surface area contributed by atoms with Crippen LogP contribution < -0.4 is 5.32 Å². The van der Waals surface area contributed by atoms with E-state index in [1.54, 1.807) is 25.1 Å². The van der Waals surface area contributed by atoms with Crippen molar-refractivity contribution in [3.05, 3.63) is 29.3 Å². The molecule has 1 atom stereocenters. The molecule has 0 saturated carbocycles. The Morgan fingerprint density at radius 1 is 1.15 bits per heavy atom. The summed E-state index contributed by atoms with van der Waals surface area (Å²) in [7, 11) is 5.63. The van der Waals surface area contributed by atoms with E-state index < -0.39 is 0 Å². The van der Waals surface area contributed by atoms with Gasteiger partial charge in [0, 0.05) is 50.4 Å². The molecule has 3 rings (SSSR count). The van der Waals surface area contributed by atoms with E-state index in [-0.39, 0.29) is 17.4 Å². The lowest BCUT2D eigenvalue weighted by molar-refractivity contribution is 0.0827. The Bertz CT molecular complexity index is 699. The Labute approximate surface area is 156 Å². The van der Waals surface area contributed by atoms with Crippen LogP contribution in [0.2, 0.25) is 0 Å². The highest BCUT2D eigenvalue weighted by Crippen LogP contribution is 2.38. The predicted molar refractivity (Wildman–Crippen MR) is 104 cm³/mol. The molecule has 3 amide bonds. The number of urea groups is 1. The van der Waals surface area contributed by atoms with Crippen LogP contribution in [-0.2, 0) is 0 Å². The van der Waals surface area contributed by atoms with Gasteiger partial charge in [-0.25, -0.2) is 4.79 Å². The summed E-state index contributed by atoms with van der Waals surface area (Å²) in [5.41, 5.74) is 2.40. The predicted octanol–water partition coefficient (Wildman–Crippen LogP) is 2.65. The van der Waals surface area contributed by atoms with Crippen molar-refractivity contribution in [3.63, 3.8) is 0 Å². The van der Waals surface area contributed by atoms with Crippen molar-refractivity contribution in [3.8, 4) is 0 Å². The van der Waals surface area contributed by atoms with Gasteiger partial charge in [0.15, 0.2) is 0 Å². The van der Waals surface area contributed by atoms with Gasteiger partial charge in [-0.3, -0.25) is 4.79 Å². The van der Waals surface area contributed by atoms with Gasteiger partial charge in [-0.15, -0.1) is 0 Å². The molecule has 2 fully saturated rings. The Balaban J connectivity index is 1.72. The topological polar surface area (TPSA) is 55.9 Å². The first-order chi connectivity index (χ1) is 12.3. The molecule has 1 unspecified atom stereocenters. The van der Waals surface area contributed by atoms with E-state index in [4.69, 9.17) is 0 Å². The number of carbonyl (C=O) groups is 2.